The molecule has 3 heterocycles. The van der Waals surface area contributed by atoms with Crippen molar-refractivity contribution in [2.45, 2.75) is 25.8 Å². The predicted molar refractivity (Wildman–Crippen MR) is 123 cm³/mol. The highest BCUT2D eigenvalue weighted by molar-refractivity contribution is 6.09. The van der Waals surface area contributed by atoms with Crippen molar-refractivity contribution in [3.8, 4) is 11.5 Å². The molecular formula is C24H24N6O. The van der Waals surface area contributed by atoms with E-state index >= 15 is 0 Å². The summed E-state index contributed by atoms with van der Waals surface area (Å²) in [5.74, 6) is 1.84. The van der Waals surface area contributed by atoms with Gasteiger partial charge in [0.15, 0.2) is 5.82 Å². The molecule has 0 atom stereocenters. The summed E-state index contributed by atoms with van der Waals surface area (Å²) in [6.07, 6.45) is 4.91. The minimum Gasteiger partial charge on any atom is -0.370 e. The lowest BCUT2D eigenvalue weighted by atomic mass is 10.1. The average Bonchev–Trinajstić information content (AvgIpc) is 3.08. The van der Waals surface area contributed by atoms with E-state index in [1.54, 1.807) is 12.3 Å². The molecule has 7 heteroatoms. The van der Waals surface area contributed by atoms with Crippen LogP contribution in [-0.4, -0.2) is 27.4 Å². The summed E-state index contributed by atoms with van der Waals surface area (Å²) in [6, 6.07) is 15.8. The lowest BCUT2D eigenvalue weighted by molar-refractivity contribution is 0.100. The van der Waals surface area contributed by atoms with Crippen LogP contribution >= 0.6 is 0 Å². The monoisotopic (exact) mass is 412 g/mol. The van der Waals surface area contributed by atoms with E-state index in [0.717, 1.165) is 59.5 Å². The molecule has 0 radical (unpaired) electrons. The fourth-order valence-corrected chi connectivity index (χ4v) is 4.10. The van der Waals surface area contributed by atoms with Gasteiger partial charge < -0.3 is 21.4 Å². The van der Waals surface area contributed by atoms with Crippen LogP contribution in [0.3, 0.4) is 0 Å². The summed E-state index contributed by atoms with van der Waals surface area (Å²) in [7, 11) is 0. The third kappa shape index (κ3) is 3.70. The molecule has 0 aliphatic carbocycles. The quantitative estimate of drug-likeness (QED) is 0.395. The smallest absolute Gasteiger partial charge is 0.249 e. The van der Waals surface area contributed by atoms with Crippen molar-refractivity contribution >= 4 is 28.3 Å². The maximum atomic E-state index is 11.8. The molecule has 7 nitrogen and oxygen atoms in total. The molecule has 0 fully saturated rings. The van der Waals surface area contributed by atoms with Gasteiger partial charge in [-0.25, -0.2) is 9.97 Å². The predicted octanol–water partition coefficient (Wildman–Crippen LogP) is 4.08. The number of H-pyrrole nitrogens is 1. The normalized spacial score (nSPS) is 13.3. The number of hydrogen-bond donors (Lipinski definition) is 4. The number of nitrogens with two attached hydrogens (primary N) is 1. The van der Waals surface area contributed by atoms with Crippen molar-refractivity contribution in [1.29, 1.82) is 0 Å². The van der Waals surface area contributed by atoms with Crippen molar-refractivity contribution in [2.24, 2.45) is 5.73 Å². The number of carbonyl (C=O) groups is 1. The standard InChI is InChI=1S/C24H24N6O/c25-21(31)17-11-6-10-16-19(17)14-27-20(16)24-29-22-18(9-4-5-12-26-22)23(30-24)28-13-15-7-2-1-3-8-15/h1-3,6-8,10-11,14,27H,4-5,9,12-13H2,(H2,25,31)(H2,26,28,29,30). The maximum Gasteiger partial charge on any atom is 0.249 e. The number of nitrogens with one attached hydrogen (secondary N) is 3. The SMILES string of the molecule is NC(=O)c1cccc2c(-c3nc4c(c(NCc5ccccc5)n3)CCCCN4)[nH]cc12. The van der Waals surface area contributed by atoms with E-state index in [1.165, 1.54) is 5.56 Å². The topological polar surface area (TPSA) is 109 Å². The second-order valence-corrected chi connectivity index (χ2v) is 7.74. The van der Waals surface area contributed by atoms with Crippen LogP contribution in [0.1, 0.15) is 34.3 Å². The molecule has 0 spiro atoms. The lowest BCUT2D eigenvalue weighted by Crippen LogP contribution is -2.11. The second kappa shape index (κ2) is 8.10. The molecule has 2 aromatic heterocycles. The fraction of sp³-hybridized carbons (Fsp3) is 0.208. The van der Waals surface area contributed by atoms with Gasteiger partial charge in [-0.3, -0.25) is 4.79 Å². The Kier molecular flexibility index (Phi) is 5.00. The van der Waals surface area contributed by atoms with E-state index in [2.05, 4.69) is 27.8 Å². The number of aromatic amines is 1. The first-order valence-electron chi connectivity index (χ1n) is 10.5. The Hall–Kier alpha value is -3.87. The summed E-state index contributed by atoms with van der Waals surface area (Å²) in [4.78, 5) is 24.8. The van der Waals surface area contributed by atoms with Gasteiger partial charge in [-0.1, -0.05) is 42.5 Å². The average molecular weight is 412 g/mol. The Balaban J connectivity index is 1.59. The molecule has 1 aliphatic rings. The third-order valence-electron chi connectivity index (χ3n) is 5.68. The lowest BCUT2D eigenvalue weighted by Gasteiger charge is -2.15. The van der Waals surface area contributed by atoms with Gasteiger partial charge in [-0.05, 0) is 30.9 Å². The Labute approximate surface area is 180 Å². The maximum absolute atomic E-state index is 11.8. The second-order valence-electron chi connectivity index (χ2n) is 7.74. The van der Waals surface area contributed by atoms with E-state index < -0.39 is 5.91 Å². The minimum atomic E-state index is -0.453. The summed E-state index contributed by atoms with van der Waals surface area (Å²) in [6.45, 7) is 1.57. The molecule has 156 valence electrons. The molecule has 4 aromatic rings. The van der Waals surface area contributed by atoms with Gasteiger partial charge in [0.2, 0.25) is 5.91 Å². The highest BCUT2D eigenvalue weighted by Gasteiger charge is 2.20. The van der Waals surface area contributed by atoms with Crippen molar-refractivity contribution in [3.63, 3.8) is 0 Å². The molecule has 0 bridgehead atoms. The molecule has 5 rings (SSSR count). The van der Waals surface area contributed by atoms with Gasteiger partial charge in [-0.15, -0.1) is 0 Å². The molecule has 31 heavy (non-hydrogen) atoms. The number of primary amides is 1. The number of amides is 1. The fourth-order valence-electron chi connectivity index (χ4n) is 4.10. The first-order chi connectivity index (χ1) is 15.2. The summed E-state index contributed by atoms with van der Waals surface area (Å²) < 4.78 is 0. The first-order valence-corrected chi connectivity index (χ1v) is 10.5. The van der Waals surface area contributed by atoms with Gasteiger partial charge in [0, 0.05) is 41.2 Å². The number of anilines is 2. The zero-order valence-electron chi connectivity index (χ0n) is 17.1. The Morgan fingerprint density at radius 1 is 1.03 bits per heavy atom. The number of fused-ring (bicyclic) bond motifs is 2. The number of hydrogen-bond acceptors (Lipinski definition) is 5. The molecule has 0 unspecified atom stereocenters. The van der Waals surface area contributed by atoms with E-state index in [9.17, 15) is 4.79 Å². The first kappa shape index (κ1) is 19.1. The van der Waals surface area contributed by atoms with Gasteiger partial charge in [0.25, 0.3) is 0 Å². The zero-order chi connectivity index (χ0) is 21.2. The zero-order valence-corrected chi connectivity index (χ0v) is 17.1. The van der Waals surface area contributed by atoms with Crippen LogP contribution < -0.4 is 16.4 Å². The highest BCUT2D eigenvalue weighted by atomic mass is 16.1. The van der Waals surface area contributed by atoms with Gasteiger partial charge in [0.05, 0.1) is 5.69 Å². The van der Waals surface area contributed by atoms with Crippen molar-refractivity contribution in [1.82, 2.24) is 15.0 Å². The van der Waals surface area contributed by atoms with Crippen LogP contribution in [0.25, 0.3) is 22.3 Å². The van der Waals surface area contributed by atoms with Crippen LogP contribution in [0.5, 0.6) is 0 Å². The number of aromatic nitrogens is 3. The molecule has 1 aliphatic heterocycles. The Morgan fingerprint density at radius 2 is 1.90 bits per heavy atom. The number of carbonyl (C=O) groups excluding carboxylic acids is 1. The van der Waals surface area contributed by atoms with Gasteiger partial charge in [-0.2, -0.15) is 0 Å². The van der Waals surface area contributed by atoms with E-state index in [1.807, 2.05) is 30.3 Å². The summed E-state index contributed by atoms with van der Waals surface area (Å²) in [5.41, 5.74) is 9.11. The summed E-state index contributed by atoms with van der Waals surface area (Å²) in [5, 5.41) is 8.63. The Bertz CT molecular complexity index is 1250. The van der Waals surface area contributed by atoms with E-state index in [-0.39, 0.29) is 0 Å². The minimum absolute atomic E-state index is 0.453. The largest absolute Gasteiger partial charge is 0.370 e. The van der Waals surface area contributed by atoms with Crippen LogP contribution in [0.4, 0.5) is 11.6 Å². The van der Waals surface area contributed by atoms with Crippen molar-refractivity contribution < 1.29 is 4.79 Å². The van der Waals surface area contributed by atoms with E-state index in [4.69, 9.17) is 15.7 Å². The van der Waals surface area contributed by atoms with E-state index in [0.29, 0.717) is 17.9 Å². The number of benzene rings is 2. The van der Waals surface area contributed by atoms with Crippen LogP contribution in [0.15, 0.2) is 54.7 Å². The van der Waals surface area contributed by atoms with Crippen LogP contribution in [-0.2, 0) is 13.0 Å². The van der Waals surface area contributed by atoms with Crippen LogP contribution in [0, 0.1) is 0 Å². The summed E-state index contributed by atoms with van der Waals surface area (Å²) >= 11 is 0. The van der Waals surface area contributed by atoms with Crippen molar-refractivity contribution in [3.05, 3.63) is 71.4 Å². The van der Waals surface area contributed by atoms with Gasteiger partial charge in [0.1, 0.15) is 11.6 Å². The van der Waals surface area contributed by atoms with Crippen molar-refractivity contribution in [2.75, 3.05) is 17.2 Å². The molecular weight excluding hydrogens is 388 g/mol. The Morgan fingerprint density at radius 3 is 2.74 bits per heavy atom. The molecule has 2 aromatic carbocycles. The number of rotatable bonds is 5. The van der Waals surface area contributed by atoms with Crippen LogP contribution in [0.2, 0.25) is 0 Å². The molecule has 5 N–H and O–H groups in total. The molecule has 1 amide bonds. The molecule has 0 saturated carbocycles. The number of nitrogens with zero attached hydrogens (tertiary/aromatic N) is 2. The highest BCUT2D eigenvalue weighted by Crippen LogP contribution is 2.33. The molecule has 0 saturated heterocycles. The van der Waals surface area contributed by atoms with Gasteiger partial charge >= 0.3 is 0 Å². The third-order valence-corrected chi connectivity index (χ3v) is 5.68.